The normalized spacial score (nSPS) is 11.0. The molecule has 3 heteroatoms. The number of methoxy groups -OCH3 is 1. The number of aryl methyl sites for hydroxylation is 1. The Labute approximate surface area is 117 Å². The van der Waals surface area contributed by atoms with Gasteiger partial charge in [0.2, 0.25) is 0 Å². The molecular weight excluding hydrogens is 238 g/mol. The highest BCUT2D eigenvalue weighted by molar-refractivity contribution is 5.40. The van der Waals surface area contributed by atoms with Crippen LogP contribution >= 0.6 is 0 Å². The van der Waals surface area contributed by atoms with Gasteiger partial charge in [-0.2, -0.15) is 0 Å². The van der Waals surface area contributed by atoms with E-state index in [-0.39, 0.29) is 0 Å². The second-order valence-corrected chi connectivity index (χ2v) is 5.15. The lowest BCUT2D eigenvalue weighted by Gasteiger charge is -2.16. The number of rotatable bonds is 9. The zero-order chi connectivity index (χ0) is 14.1. The van der Waals surface area contributed by atoms with Crippen molar-refractivity contribution in [2.75, 3.05) is 20.3 Å². The van der Waals surface area contributed by atoms with Crippen LogP contribution in [-0.4, -0.2) is 26.4 Å². The fourth-order valence-electron chi connectivity index (χ4n) is 1.90. The van der Waals surface area contributed by atoms with E-state index in [1.807, 2.05) is 0 Å². The third-order valence-corrected chi connectivity index (χ3v) is 2.98. The predicted molar refractivity (Wildman–Crippen MR) is 79.8 cm³/mol. The first-order chi connectivity index (χ1) is 9.15. The number of nitrogens with one attached hydrogen (secondary N) is 1. The highest BCUT2D eigenvalue weighted by Crippen LogP contribution is 2.23. The van der Waals surface area contributed by atoms with Crippen molar-refractivity contribution in [2.24, 2.45) is 0 Å². The summed E-state index contributed by atoms with van der Waals surface area (Å²) in [7, 11) is 1.73. The molecule has 0 aliphatic heterocycles. The molecular formula is C16H27NO2. The van der Waals surface area contributed by atoms with Gasteiger partial charge in [-0.05, 0) is 25.3 Å². The molecule has 0 radical (unpaired) electrons. The average molecular weight is 265 g/mol. The standard InChI is InChI=1S/C16H27NO2/c1-13(2)17-12-15-9-7-8-14(3)16(15)19-11-6-5-10-18-4/h7-9,13,17H,5-6,10-12H2,1-4H3. The number of hydrogen-bond donors (Lipinski definition) is 1. The van der Waals surface area contributed by atoms with E-state index in [4.69, 9.17) is 9.47 Å². The topological polar surface area (TPSA) is 30.5 Å². The van der Waals surface area contributed by atoms with Gasteiger partial charge in [0.05, 0.1) is 6.61 Å². The summed E-state index contributed by atoms with van der Waals surface area (Å²) < 4.78 is 11.0. The van der Waals surface area contributed by atoms with Crippen molar-refractivity contribution in [3.63, 3.8) is 0 Å². The van der Waals surface area contributed by atoms with Gasteiger partial charge in [0, 0.05) is 31.9 Å². The molecule has 0 saturated carbocycles. The number of para-hydroxylation sites is 1. The summed E-state index contributed by atoms with van der Waals surface area (Å²) in [4.78, 5) is 0. The molecule has 1 rings (SSSR count). The van der Waals surface area contributed by atoms with Crippen LogP contribution in [0.3, 0.4) is 0 Å². The van der Waals surface area contributed by atoms with Gasteiger partial charge in [0.25, 0.3) is 0 Å². The molecule has 0 aromatic heterocycles. The van der Waals surface area contributed by atoms with Gasteiger partial charge in [-0.3, -0.25) is 0 Å². The maximum absolute atomic E-state index is 5.95. The van der Waals surface area contributed by atoms with Gasteiger partial charge in [-0.15, -0.1) is 0 Å². The maximum atomic E-state index is 5.95. The van der Waals surface area contributed by atoms with Crippen LogP contribution in [-0.2, 0) is 11.3 Å². The Balaban J connectivity index is 2.54. The third kappa shape index (κ3) is 6.08. The van der Waals surface area contributed by atoms with Crippen LogP contribution in [0.1, 0.15) is 37.8 Å². The molecule has 108 valence electrons. The Kier molecular flexibility index (Phi) is 7.53. The van der Waals surface area contributed by atoms with Crippen LogP contribution in [0.25, 0.3) is 0 Å². The van der Waals surface area contributed by atoms with Gasteiger partial charge in [0.15, 0.2) is 0 Å². The third-order valence-electron chi connectivity index (χ3n) is 2.98. The van der Waals surface area contributed by atoms with Crippen molar-refractivity contribution in [3.8, 4) is 5.75 Å². The van der Waals surface area contributed by atoms with Crippen LogP contribution in [0.5, 0.6) is 5.75 Å². The minimum absolute atomic E-state index is 0.482. The van der Waals surface area contributed by atoms with E-state index in [1.165, 1.54) is 11.1 Å². The molecule has 0 fully saturated rings. The van der Waals surface area contributed by atoms with Crippen molar-refractivity contribution in [1.82, 2.24) is 5.32 Å². The minimum atomic E-state index is 0.482. The molecule has 0 aliphatic rings. The molecule has 0 spiro atoms. The highest BCUT2D eigenvalue weighted by Gasteiger charge is 2.07. The summed E-state index contributed by atoms with van der Waals surface area (Å²) in [5.74, 6) is 1.04. The number of hydrogen-bond acceptors (Lipinski definition) is 3. The molecule has 0 bridgehead atoms. The second-order valence-electron chi connectivity index (χ2n) is 5.15. The van der Waals surface area contributed by atoms with E-state index < -0.39 is 0 Å². The van der Waals surface area contributed by atoms with Crippen LogP contribution < -0.4 is 10.1 Å². The van der Waals surface area contributed by atoms with E-state index >= 15 is 0 Å². The molecule has 1 aromatic rings. The highest BCUT2D eigenvalue weighted by atomic mass is 16.5. The van der Waals surface area contributed by atoms with Crippen molar-refractivity contribution in [3.05, 3.63) is 29.3 Å². The molecule has 0 heterocycles. The van der Waals surface area contributed by atoms with E-state index in [0.29, 0.717) is 6.04 Å². The number of benzene rings is 1. The van der Waals surface area contributed by atoms with E-state index in [0.717, 1.165) is 38.3 Å². The summed E-state index contributed by atoms with van der Waals surface area (Å²) in [6.45, 7) is 8.82. The van der Waals surface area contributed by atoms with Crippen LogP contribution in [0.2, 0.25) is 0 Å². The Morgan fingerprint density at radius 2 is 1.89 bits per heavy atom. The zero-order valence-electron chi connectivity index (χ0n) is 12.7. The summed E-state index contributed by atoms with van der Waals surface area (Å²) in [5.41, 5.74) is 2.44. The lowest BCUT2D eigenvalue weighted by Crippen LogP contribution is -2.22. The molecule has 0 saturated heterocycles. The zero-order valence-corrected chi connectivity index (χ0v) is 12.7. The van der Waals surface area contributed by atoms with Gasteiger partial charge < -0.3 is 14.8 Å². The fourth-order valence-corrected chi connectivity index (χ4v) is 1.90. The Hall–Kier alpha value is -1.06. The minimum Gasteiger partial charge on any atom is -0.493 e. The summed E-state index contributed by atoms with van der Waals surface area (Å²) in [5, 5.41) is 3.44. The van der Waals surface area contributed by atoms with Crippen LogP contribution in [0, 0.1) is 6.92 Å². The van der Waals surface area contributed by atoms with E-state index in [9.17, 15) is 0 Å². The lowest BCUT2D eigenvalue weighted by atomic mass is 10.1. The first kappa shape index (κ1) is 16.0. The molecule has 0 aliphatic carbocycles. The largest absolute Gasteiger partial charge is 0.493 e. The maximum Gasteiger partial charge on any atom is 0.126 e. The van der Waals surface area contributed by atoms with Crippen LogP contribution in [0.4, 0.5) is 0 Å². The smallest absolute Gasteiger partial charge is 0.126 e. The number of ether oxygens (including phenoxy) is 2. The van der Waals surface area contributed by atoms with E-state index in [1.54, 1.807) is 7.11 Å². The fraction of sp³-hybridized carbons (Fsp3) is 0.625. The Morgan fingerprint density at radius 3 is 2.58 bits per heavy atom. The summed E-state index contributed by atoms with van der Waals surface area (Å²) >= 11 is 0. The first-order valence-corrected chi connectivity index (χ1v) is 7.08. The van der Waals surface area contributed by atoms with Gasteiger partial charge >= 0.3 is 0 Å². The first-order valence-electron chi connectivity index (χ1n) is 7.08. The van der Waals surface area contributed by atoms with Gasteiger partial charge in [0.1, 0.15) is 5.75 Å². The van der Waals surface area contributed by atoms with Crippen LogP contribution in [0.15, 0.2) is 18.2 Å². The van der Waals surface area contributed by atoms with Crippen molar-refractivity contribution in [1.29, 1.82) is 0 Å². The van der Waals surface area contributed by atoms with Gasteiger partial charge in [-0.1, -0.05) is 32.0 Å². The SMILES string of the molecule is COCCCCOc1c(C)cccc1CNC(C)C. The quantitative estimate of drug-likeness (QED) is 0.695. The Bertz CT molecular complexity index is 364. The molecule has 1 N–H and O–H groups in total. The summed E-state index contributed by atoms with van der Waals surface area (Å²) in [6.07, 6.45) is 2.07. The molecule has 1 aromatic carbocycles. The molecule has 19 heavy (non-hydrogen) atoms. The van der Waals surface area contributed by atoms with E-state index in [2.05, 4.69) is 44.3 Å². The lowest BCUT2D eigenvalue weighted by molar-refractivity contribution is 0.184. The Morgan fingerprint density at radius 1 is 1.16 bits per heavy atom. The second kappa shape index (κ2) is 8.94. The van der Waals surface area contributed by atoms with Gasteiger partial charge in [-0.25, -0.2) is 0 Å². The van der Waals surface area contributed by atoms with Crippen molar-refractivity contribution in [2.45, 2.75) is 46.2 Å². The summed E-state index contributed by atoms with van der Waals surface area (Å²) in [6, 6.07) is 6.80. The number of unbranched alkanes of at least 4 members (excludes halogenated alkanes) is 1. The monoisotopic (exact) mass is 265 g/mol. The molecule has 0 atom stereocenters. The molecule has 0 unspecified atom stereocenters. The van der Waals surface area contributed by atoms with Crippen molar-refractivity contribution < 1.29 is 9.47 Å². The van der Waals surface area contributed by atoms with Crippen molar-refractivity contribution >= 4 is 0 Å². The predicted octanol–water partition coefficient (Wildman–Crippen LogP) is 3.30. The average Bonchev–Trinajstić information content (AvgIpc) is 2.38. The molecule has 3 nitrogen and oxygen atoms in total. The molecule has 0 amide bonds.